The van der Waals surface area contributed by atoms with Crippen LogP contribution in [0.15, 0.2) is 35.7 Å². The molecular formula is C23H21ClF3N3O3S. The summed E-state index contributed by atoms with van der Waals surface area (Å²) in [7, 11) is 0. The maximum atomic E-state index is 12.9. The van der Waals surface area contributed by atoms with Gasteiger partial charge in [0.15, 0.2) is 5.78 Å². The number of Topliss-reactive ketones (excluding diaryl/α,β-unsaturated/α-hetero) is 1. The van der Waals surface area contributed by atoms with E-state index in [0.29, 0.717) is 18.5 Å². The minimum Gasteiger partial charge on any atom is -0.333 e. The number of benzene rings is 1. The molecule has 34 heavy (non-hydrogen) atoms. The van der Waals surface area contributed by atoms with Gasteiger partial charge in [0.2, 0.25) is 0 Å². The zero-order valence-corrected chi connectivity index (χ0v) is 19.5. The summed E-state index contributed by atoms with van der Waals surface area (Å²) < 4.78 is 38.5. The number of alkyl halides is 3. The highest BCUT2D eigenvalue weighted by atomic mass is 35.5. The van der Waals surface area contributed by atoms with Crippen LogP contribution in [-0.4, -0.2) is 28.7 Å². The van der Waals surface area contributed by atoms with Gasteiger partial charge in [-0.1, -0.05) is 23.8 Å². The molecule has 1 fully saturated rings. The number of urea groups is 1. The number of nitrogens with one attached hydrogen (secondary N) is 2. The highest BCUT2D eigenvalue weighted by molar-refractivity contribution is 7.10. The van der Waals surface area contributed by atoms with E-state index in [-0.39, 0.29) is 30.3 Å². The average Bonchev–Trinajstić information content (AvgIpc) is 3.23. The summed E-state index contributed by atoms with van der Waals surface area (Å²) in [5, 5.41) is 6.31. The van der Waals surface area contributed by atoms with Crippen molar-refractivity contribution in [3.63, 3.8) is 0 Å². The van der Waals surface area contributed by atoms with Crippen molar-refractivity contribution in [3.05, 3.63) is 62.3 Å². The lowest BCUT2D eigenvalue weighted by molar-refractivity contribution is -0.137. The zero-order chi connectivity index (χ0) is 24.6. The fraction of sp³-hybridized carbons (Fsp3) is 0.348. The van der Waals surface area contributed by atoms with Gasteiger partial charge in [-0.15, -0.1) is 11.3 Å². The number of thiophene rings is 1. The Morgan fingerprint density at radius 2 is 2.06 bits per heavy atom. The third-order valence-corrected chi connectivity index (χ3v) is 7.26. The maximum Gasteiger partial charge on any atom is 0.417 e. The molecule has 2 aliphatic rings. The monoisotopic (exact) mass is 511 g/mol. The van der Waals surface area contributed by atoms with Crippen molar-refractivity contribution in [1.29, 1.82) is 0 Å². The Hall–Kier alpha value is -2.85. The molecule has 180 valence electrons. The number of allylic oxidation sites excluding steroid dienone is 1. The van der Waals surface area contributed by atoms with E-state index in [1.54, 1.807) is 10.3 Å². The predicted octanol–water partition coefficient (Wildman–Crippen LogP) is 5.77. The molecule has 0 saturated heterocycles. The number of carbonyl (C=O) groups is 3. The molecule has 2 N–H and O–H groups in total. The van der Waals surface area contributed by atoms with E-state index in [9.17, 15) is 27.6 Å². The highest BCUT2D eigenvalue weighted by Gasteiger charge is 2.38. The molecule has 1 atom stereocenters. The molecule has 1 unspecified atom stereocenters. The van der Waals surface area contributed by atoms with Gasteiger partial charge >= 0.3 is 12.2 Å². The molecule has 11 heteroatoms. The summed E-state index contributed by atoms with van der Waals surface area (Å²) >= 11 is 7.01. The average molecular weight is 512 g/mol. The Morgan fingerprint density at radius 1 is 1.29 bits per heavy atom. The second-order valence-corrected chi connectivity index (χ2v) is 9.66. The second kappa shape index (κ2) is 9.42. The van der Waals surface area contributed by atoms with Gasteiger partial charge < -0.3 is 15.5 Å². The summed E-state index contributed by atoms with van der Waals surface area (Å²) in [6.45, 7) is 4.33. The van der Waals surface area contributed by atoms with Crippen molar-refractivity contribution in [2.75, 3.05) is 5.32 Å². The standard InChI is InChI=1S/C23H21ClF3N3O3S/c1-12-3-2-4-18(19(31)7-12)30-10-14-15(21(30)32)11-34-20(14)9-28-22(33)29-13-5-6-16(17(24)8-13)23(25,26)27/h5-6,8,11,18H,1-4,7,9-10H2,(H2,28,29,33). The molecule has 0 bridgehead atoms. The van der Waals surface area contributed by atoms with Crippen molar-refractivity contribution in [1.82, 2.24) is 10.2 Å². The SMILES string of the molecule is C=C1CCCC(N2Cc3c(csc3CNC(=O)Nc3ccc(C(F)(F)F)c(Cl)c3)C2=O)C(=O)C1. The Kier molecular flexibility index (Phi) is 6.73. The Balaban J connectivity index is 1.38. The summed E-state index contributed by atoms with van der Waals surface area (Å²) in [4.78, 5) is 40.2. The van der Waals surface area contributed by atoms with Crippen molar-refractivity contribution in [2.24, 2.45) is 0 Å². The van der Waals surface area contributed by atoms with Crippen LogP contribution in [0.2, 0.25) is 5.02 Å². The number of hydrogen-bond donors (Lipinski definition) is 2. The molecule has 4 rings (SSSR count). The third-order valence-electron chi connectivity index (χ3n) is 5.92. The number of nitrogens with zero attached hydrogens (tertiary/aromatic N) is 1. The molecule has 1 aromatic heterocycles. The second-order valence-electron chi connectivity index (χ2n) is 8.29. The van der Waals surface area contributed by atoms with Crippen LogP contribution in [0.1, 0.15) is 52.0 Å². The van der Waals surface area contributed by atoms with Gasteiger partial charge in [-0.05, 0) is 43.0 Å². The number of halogens is 4. The lowest BCUT2D eigenvalue weighted by atomic mass is 10.1. The molecule has 6 nitrogen and oxygen atoms in total. The van der Waals surface area contributed by atoms with Crippen LogP contribution in [0.5, 0.6) is 0 Å². The van der Waals surface area contributed by atoms with E-state index in [2.05, 4.69) is 17.2 Å². The van der Waals surface area contributed by atoms with Crippen LogP contribution >= 0.6 is 22.9 Å². The van der Waals surface area contributed by atoms with Crippen molar-refractivity contribution in [2.45, 2.75) is 51.0 Å². The number of fused-ring (bicyclic) bond motifs is 1. The van der Waals surface area contributed by atoms with Crippen molar-refractivity contribution < 1.29 is 27.6 Å². The molecule has 1 aliphatic heterocycles. The molecule has 3 amide bonds. The Labute approximate surface area is 202 Å². The van der Waals surface area contributed by atoms with Crippen LogP contribution in [0.4, 0.5) is 23.7 Å². The molecule has 2 heterocycles. The molecule has 1 saturated carbocycles. The van der Waals surface area contributed by atoms with Crippen LogP contribution in [-0.2, 0) is 24.1 Å². The van der Waals surface area contributed by atoms with E-state index in [1.807, 2.05) is 0 Å². The van der Waals surface area contributed by atoms with E-state index in [0.717, 1.165) is 47.1 Å². The summed E-state index contributed by atoms with van der Waals surface area (Å²) in [6.07, 6.45) is -2.13. The third kappa shape index (κ3) is 4.97. The van der Waals surface area contributed by atoms with Gasteiger partial charge in [0, 0.05) is 28.9 Å². The van der Waals surface area contributed by atoms with Gasteiger partial charge in [0.25, 0.3) is 5.91 Å². The quantitative estimate of drug-likeness (QED) is 0.404. The van der Waals surface area contributed by atoms with Crippen molar-refractivity contribution in [3.8, 4) is 0 Å². The number of carbonyl (C=O) groups excluding carboxylic acids is 3. The van der Waals surface area contributed by atoms with Gasteiger partial charge in [-0.3, -0.25) is 9.59 Å². The number of rotatable bonds is 4. The fourth-order valence-electron chi connectivity index (χ4n) is 4.22. The first-order valence-electron chi connectivity index (χ1n) is 10.6. The zero-order valence-electron chi connectivity index (χ0n) is 17.9. The molecular weight excluding hydrogens is 491 g/mol. The van der Waals surface area contributed by atoms with Crippen LogP contribution in [0, 0.1) is 0 Å². The van der Waals surface area contributed by atoms with Crippen molar-refractivity contribution >= 4 is 46.3 Å². The first-order valence-corrected chi connectivity index (χ1v) is 11.8. The van der Waals surface area contributed by atoms with Gasteiger partial charge in [0.1, 0.15) is 0 Å². The Bertz CT molecular complexity index is 1180. The fourth-order valence-corrected chi connectivity index (χ4v) is 5.48. The molecule has 2 aromatic rings. The highest BCUT2D eigenvalue weighted by Crippen LogP contribution is 2.36. The van der Waals surface area contributed by atoms with E-state index in [1.165, 1.54) is 11.3 Å². The van der Waals surface area contributed by atoms with Gasteiger partial charge in [-0.2, -0.15) is 13.2 Å². The number of hydrogen-bond acceptors (Lipinski definition) is 4. The molecule has 1 aromatic carbocycles. The van der Waals surface area contributed by atoms with Crippen LogP contribution in [0.3, 0.4) is 0 Å². The van der Waals surface area contributed by atoms with E-state index >= 15 is 0 Å². The van der Waals surface area contributed by atoms with E-state index < -0.39 is 28.8 Å². The largest absolute Gasteiger partial charge is 0.417 e. The lowest BCUT2D eigenvalue weighted by Crippen LogP contribution is -2.40. The first-order chi connectivity index (χ1) is 16.0. The van der Waals surface area contributed by atoms with Gasteiger partial charge in [-0.25, -0.2) is 4.79 Å². The molecule has 0 radical (unpaired) electrons. The number of ketones is 1. The summed E-state index contributed by atoms with van der Waals surface area (Å²) in [5.74, 6) is -0.189. The summed E-state index contributed by atoms with van der Waals surface area (Å²) in [6, 6.07) is 1.84. The maximum absolute atomic E-state index is 12.9. The Morgan fingerprint density at radius 3 is 2.76 bits per heavy atom. The number of anilines is 1. The lowest BCUT2D eigenvalue weighted by Gasteiger charge is -2.25. The smallest absolute Gasteiger partial charge is 0.333 e. The molecule has 0 spiro atoms. The minimum absolute atomic E-state index is 0.000989. The van der Waals surface area contributed by atoms with Gasteiger partial charge in [0.05, 0.1) is 28.7 Å². The number of amides is 3. The topological polar surface area (TPSA) is 78.5 Å². The predicted molar refractivity (Wildman–Crippen MR) is 123 cm³/mol. The minimum atomic E-state index is -4.59. The normalized spacial score (nSPS) is 18.6. The molecule has 1 aliphatic carbocycles. The van der Waals surface area contributed by atoms with E-state index in [4.69, 9.17) is 11.6 Å². The van der Waals surface area contributed by atoms with Crippen LogP contribution in [0.25, 0.3) is 0 Å². The van der Waals surface area contributed by atoms with Crippen LogP contribution < -0.4 is 10.6 Å². The first kappa shape index (κ1) is 24.3. The summed E-state index contributed by atoms with van der Waals surface area (Å²) in [5.41, 5.74) is 1.33.